The molecule has 1 amide bonds. The first kappa shape index (κ1) is 11.2. The van der Waals surface area contributed by atoms with Crippen molar-refractivity contribution in [2.75, 3.05) is 11.5 Å². The van der Waals surface area contributed by atoms with Crippen molar-refractivity contribution < 1.29 is 18.0 Å². The van der Waals surface area contributed by atoms with Crippen LogP contribution in [-0.4, -0.2) is 37.7 Å². The molecule has 14 heavy (non-hydrogen) atoms. The summed E-state index contributed by atoms with van der Waals surface area (Å²) < 4.78 is 22.1. The fraction of sp³-hybridized carbons (Fsp3) is 0.750. The van der Waals surface area contributed by atoms with Crippen molar-refractivity contribution in [3.05, 3.63) is 0 Å². The predicted octanol–water partition coefficient (Wildman–Crippen LogP) is -0.731. The Kier molecular flexibility index (Phi) is 3.25. The van der Waals surface area contributed by atoms with Crippen molar-refractivity contribution in [3.8, 4) is 0 Å². The lowest BCUT2D eigenvalue weighted by Gasteiger charge is -2.09. The molecule has 1 saturated heterocycles. The molecule has 0 bridgehead atoms. The molecule has 1 aliphatic rings. The van der Waals surface area contributed by atoms with E-state index in [1.165, 1.54) is 6.92 Å². The number of ketones is 1. The molecule has 1 atom stereocenters. The number of hydrogen-bond donors (Lipinski definition) is 1. The molecule has 80 valence electrons. The maximum Gasteiger partial charge on any atom is 0.227 e. The second kappa shape index (κ2) is 4.08. The molecule has 0 aromatic heterocycles. The van der Waals surface area contributed by atoms with Gasteiger partial charge in [0.2, 0.25) is 5.91 Å². The Balaban J connectivity index is 2.40. The van der Waals surface area contributed by atoms with Crippen LogP contribution in [0.4, 0.5) is 0 Å². The van der Waals surface area contributed by atoms with Crippen LogP contribution in [0.2, 0.25) is 0 Å². The zero-order valence-electron chi connectivity index (χ0n) is 7.95. The van der Waals surface area contributed by atoms with Crippen LogP contribution in [0, 0.1) is 0 Å². The van der Waals surface area contributed by atoms with Gasteiger partial charge in [-0.1, -0.05) is 0 Å². The summed E-state index contributed by atoms with van der Waals surface area (Å²) in [5.41, 5.74) is 0. The van der Waals surface area contributed by atoms with Crippen molar-refractivity contribution in [1.29, 1.82) is 0 Å². The van der Waals surface area contributed by atoms with Gasteiger partial charge >= 0.3 is 0 Å². The normalized spacial score (nSPS) is 24.5. The number of hydrogen-bond acceptors (Lipinski definition) is 4. The topological polar surface area (TPSA) is 80.3 Å². The van der Waals surface area contributed by atoms with Crippen molar-refractivity contribution >= 4 is 21.5 Å². The van der Waals surface area contributed by atoms with Gasteiger partial charge in [-0.25, -0.2) is 8.42 Å². The van der Waals surface area contributed by atoms with Crippen molar-refractivity contribution in [2.24, 2.45) is 0 Å². The minimum atomic E-state index is -2.97. The van der Waals surface area contributed by atoms with Gasteiger partial charge in [-0.05, 0) is 13.3 Å². The van der Waals surface area contributed by atoms with Crippen LogP contribution >= 0.6 is 0 Å². The second-order valence-corrected chi connectivity index (χ2v) is 5.77. The minimum Gasteiger partial charge on any atom is -0.352 e. The van der Waals surface area contributed by atoms with Crippen LogP contribution in [0.1, 0.15) is 19.8 Å². The molecule has 1 unspecified atom stereocenters. The monoisotopic (exact) mass is 219 g/mol. The first-order valence-electron chi connectivity index (χ1n) is 4.38. The molecule has 0 saturated carbocycles. The molecule has 1 aliphatic heterocycles. The molecule has 1 rings (SSSR count). The van der Waals surface area contributed by atoms with Crippen LogP contribution in [-0.2, 0) is 19.4 Å². The Bertz CT molecular complexity index is 346. The maximum absolute atomic E-state index is 11.1. The summed E-state index contributed by atoms with van der Waals surface area (Å²) in [6, 6.07) is -0.313. The quantitative estimate of drug-likeness (QED) is 0.634. The van der Waals surface area contributed by atoms with Gasteiger partial charge in [-0.2, -0.15) is 0 Å². The van der Waals surface area contributed by atoms with Crippen LogP contribution in [0.3, 0.4) is 0 Å². The SMILES string of the molecule is CC(=O)CC(=O)NC1CCS(=O)(=O)C1. The molecule has 0 aromatic rings. The van der Waals surface area contributed by atoms with Gasteiger partial charge in [0.1, 0.15) is 5.78 Å². The summed E-state index contributed by atoms with van der Waals surface area (Å²) in [7, 11) is -2.97. The second-order valence-electron chi connectivity index (χ2n) is 3.55. The predicted molar refractivity (Wildman–Crippen MR) is 50.5 cm³/mol. The van der Waals surface area contributed by atoms with Crippen molar-refractivity contribution in [2.45, 2.75) is 25.8 Å². The smallest absolute Gasteiger partial charge is 0.227 e. The largest absolute Gasteiger partial charge is 0.352 e. The highest BCUT2D eigenvalue weighted by molar-refractivity contribution is 7.91. The van der Waals surface area contributed by atoms with Gasteiger partial charge in [0, 0.05) is 6.04 Å². The molecular weight excluding hydrogens is 206 g/mol. The van der Waals surface area contributed by atoms with Gasteiger partial charge in [0.15, 0.2) is 9.84 Å². The lowest BCUT2D eigenvalue weighted by Crippen LogP contribution is -2.36. The van der Waals surface area contributed by atoms with Gasteiger partial charge < -0.3 is 5.32 Å². The molecule has 1 heterocycles. The van der Waals surface area contributed by atoms with E-state index in [0.29, 0.717) is 6.42 Å². The maximum atomic E-state index is 11.1. The van der Waals surface area contributed by atoms with Crippen LogP contribution in [0.5, 0.6) is 0 Å². The van der Waals surface area contributed by atoms with E-state index in [4.69, 9.17) is 0 Å². The Morgan fingerprint density at radius 1 is 1.43 bits per heavy atom. The molecular formula is C8H13NO4S. The summed E-state index contributed by atoms with van der Waals surface area (Å²) in [5.74, 6) is -0.489. The number of Topliss-reactive ketones (excluding diaryl/α,β-unsaturated/α-hetero) is 1. The fourth-order valence-electron chi connectivity index (χ4n) is 1.41. The Labute approximate surface area is 82.8 Å². The molecule has 0 radical (unpaired) electrons. The van der Waals surface area contributed by atoms with E-state index in [-0.39, 0.29) is 35.7 Å². The van der Waals surface area contributed by atoms with E-state index < -0.39 is 9.84 Å². The molecule has 0 aromatic carbocycles. The number of nitrogens with one attached hydrogen (secondary N) is 1. The van der Waals surface area contributed by atoms with Gasteiger partial charge in [0.05, 0.1) is 17.9 Å². The first-order valence-corrected chi connectivity index (χ1v) is 6.20. The van der Waals surface area contributed by atoms with E-state index in [9.17, 15) is 18.0 Å². The Hall–Kier alpha value is -0.910. The zero-order valence-corrected chi connectivity index (χ0v) is 8.76. The number of carbonyl (C=O) groups is 2. The highest BCUT2D eigenvalue weighted by atomic mass is 32.2. The molecule has 0 spiro atoms. The first-order chi connectivity index (χ1) is 6.39. The van der Waals surface area contributed by atoms with E-state index >= 15 is 0 Å². The van der Waals surface area contributed by atoms with E-state index in [1.54, 1.807) is 0 Å². The lowest BCUT2D eigenvalue weighted by molar-refractivity contribution is -0.127. The van der Waals surface area contributed by atoms with Crippen molar-refractivity contribution in [3.63, 3.8) is 0 Å². The van der Waals surface area contributed by atoms with Crippen LogP contribution in [0.15, 0.2) is 0 Å². The standard InChI is InChI=1S/C8H13NO4S/c1-6(10)4-8(11)9-7-2-3-14(12,13)5-7/h7H,2-5H2,1H3,(H,9,11). The number of amides is 1. The summed E-state index contributed by atoms with van der Waals surface area (Å²) in [6.07, 6.45) is 0.280. The molecule has 5 nitrogen and oxygen atoms in total. The summed E-state index contributed by atoms with van der Waals surface area (Å²) in [5, 5.41) is 2.53. The van der Waals surface area contributed by atoms with Crippen LogP contribution < -0.4 is 5.32 Å². The Morgan fingerprint density at radius 3 is 2.50 bits per heavy atom. The minimum absolute atomic E-state index is 0.00333. The number of sulfone groups is 1. The highest BCUT2D eigenvalue weighted by Crippen LogP contribution is 2.11. The van der Waals surface area contributed by atoms with E-state index in [1.807, 2.05) is 0 Å². The van der Waals surface area contributed by atoms with Gasteiger partial charge in [-0.3, -0.25) is 9.59 Å². The summed E-state index contributed by atoms with van der Waals surface area (Å²) in [6.45, 7) is 1.32. The van der Waals surface area contributed by atoms with Crippen LogP contribution in [0.25, 0.3) is 0 Å². The molecule has 1 fully saturated rings. The van der Waals surface area contributed by atoms with Gasteiger partial charge in [-0.15, -0.1) is 0 Å². The highest BCUT2D eigenvalue weighted by Gasteiger charge is 2.28. The molecule has 1 N–H and O–H groups in total. The number of rotatable bonds is 3. The third kappa shape index (κ3) is 3.45. The van der Waals surface area contributed by atoms with E-state index in [2.05, 4.69) is 5.32 Å². The summed E-state index contributed by atoms with van der Waals surface area (Å²) >= 11 is 0. The fourth-order valence-corrected chi connectivity index (χ4v) is 3.09. The molecule has 6 heteroatoms. The average molecular weight is 219 g/mol. The lowest BCUT2D eigenvalue weighted by atomic mass is 10.2. The summed E-state index contributed by atoms with van der Waals surface area (Å²) in [4.78, 5) is 21.7. The molecule has 0 aliphatic carbocycles. The van der Waals surface area contributed by atoms with Crippen molar-refractivity contribution in [1.82, 2.24) is 5.32 Å². The third-order valence-corrected chi connectivity index (χ3v) is 3.77. The van der Waals surface area contributed by atoms with E-state index in [0.717, 1.165) is 0 Å². The zero-order chi connectivity index (χ0) is 10.8. The average Bonchev–Trinajstić information content (AvgIpc) is 2.27. The number of carbonyl (C=O) groups excluding carboxylic acids is 2. The van der Waals surface area contributed by atoms with Gasteiger partial charge in [0.25, 0.3) is 0 Å². The Morgan fingerprint density at radius 2 is 2.07 bits per heavy atom. The third-order valence-electron chi connectivity index (χ3n) is 2.01.